The van der Waals surface area contributed by atoms with Crippen molar-refractivity contribution in [3.63, 3.8) is 0 Å². The van der Waals surface area contributed by atoms with E-state index >= 15 is 0 Å². The number of carbonyl (C=O) groups is 2. The van der Waals surface area contributed by atoms with E-state index in [1.807, 2.05) is 6.92 Å². The molecule has 1 saturated heterocycles. The van der Waals surface area contributed by atoms with Gasteiger partial charge in [-0.3, -0.25) is 4.79 Å². The van der Waals surface area contributed by atoms with Gasteiger partial charge in [0.25, 0.3) is 0 Å². The van der Waals surface area contributed by atoms with Crippen LogP contribution in [0, 0.1) is 22.7 Å². The maximum Gasteiger partial charge on any atom is 0.336 e. The molecule has 156 valence electrons. The van der Waals surface area contributed by atoms with Crippen LogP contribution in [0.5, 0.6) is 0 Å². The van der Waals surface area contributed by atoms with E-state index in [9.17, 15) is 19.8 Å². The number of carbonyl (C=O) groups excluding carboxylic acids is 2. The lowest BCUT2D eigenvalue weighted by atomic mass is 9.46. The Balaban J connectivity index is 1.89. The van der Waals surface area contributed by atoms with Gasteiger partial charge in [-0.15, -0.1) is 0 Å². The summed E-state index contributed by atoms with van der Waals surface area (Å²) in [5, 5.41) is 20.3. The third kappa shape index (κ3) is 3.41. The minimum atomic E-state index is -0.865. The van der Waals surface area contributed by atoms with Crippen molar-refractivity contribution in [3.8, 4) is 0 Å². The van der Waals surface area contributed by atoms with Crippen molar-refractivity contribution in [1.29, 1.82) is 0 Å². The molecule has 1 aliphatic heterocycles. The maximum atomic E-state index is 11.8. The van der Waals surface area contributed by atoms with Gasteiger partial charge in [0.05, 0.1) is 12.2 Å². The molecule has 3 rings (SSSR count). The standard InChI is InChI=1S/C22H32O6/c1-13-5-8-18-21(3,10-9-19(28-14(2)24)22(18,4)12-23)16(13)7-6-15-17(25)11-27-20(15)26/h6,16-19,23,25H,1,5,7-12H2,2-4H3/b15-6-/t16-,17?,18?,19-,21+,22+/m1/s1. The summed E-state index contributed by atoms with van der Waals surface area (Å²) in [4.78, 5) is 23.4. The molecule has 3 aliphatic rings. The van der Waals surface area contributed by atoms with Crippen LogP contribution in [0.4, 0.5) is 0 Å². The van der Waals surface area contributed by atoms with Gasteiger partial charge in [-0.25, -0.2) is 4.79 Å². The summed E-state index contributed by atoms with van der Waals surface area (Å²) < 4.78 is 10.5. The Morgan fingerprint density at radius 2 is 2.11 bits per heavy atom. The smallest absolute Gasteiger partial charge is 0.336 e. The second kappa shape index (κ2) is 7.64. The summed E-state index contributed by atoms with van der Waals surface area (Å²) in [6.45, 7) is 9.93. The van der Waals surface area contributed by atoms with Crippen LogP contribution in [0.1, 0.15) is 52.9 Å². The molecule has 0 radical (unpaired) electrons. The second-order valence-corrected chi connectivity index (χ2v) is 9.12. The van der Waals surface area contributed by atoms with E-state index in [0.717, 1.165) is 24.8 Å². The third-order valence-corrected chi connectivity index (χ3v) is 7.51. The average molecular weight is 392 g/mol. The second-order valence-electron chi connectivity index (χ2n) is 9.12. The Morgan fingerprint density at radius 1 is 1.39 bits per heavy atom. The highest BCUT2D eigenvalue weighted by atomic mass is 16.6. The number of allylic oxidation sites excluding steroid dienone is 2. The number of ether oxygens (including phenoxy) is 2. The quantitative estimate of drug-likeness (QED) is 0.434. The van der Waals surface area contributed by atoms with Crippen molar-refractivity contribution in [2.75, 3.05) is 13.2 Å². The molecule has 6 heteroatoms. The Kier molecular flexibility index (Phi) is 5.74. The predicted molar refractivity (Wildman–Crippen MR) is 103 cm³/mol. The van der Waals surface area contributed by atoms with Gasteiger partial charge in [-0.1, -0.05) is 32.1 Å². The number of cyclic esters (lactones) is 1. The molecule has 0 spiro atoms. The van der Waals surface area contributed by atoms with E-state index in [0.29, 0.717) is 18.4 Å². The molecule has 2 N–H and O–H groups in total. The molecular weight excluding hydrogens is 360 g/mol. The highest BCUT2D eigenvalue weighted by Gasteiger charge is 2.58. The fourth-order valence-electron chi connectivity index (χ4n) is 5.94. The highest BCUT2D eigenvalue weighted by molar-refractivity contribution is 5.91. The minimum absolute atomic E-state index is 0.0167. The van der Waals surface area contributed by atoms with Gasteiger partial charge >= 0.3 is 11.9 Å². The number of fused-ring (bicyclic) bond motifs is 1. The summed E-state index contributed by atoms with van der Waals surface area (Å²) >= 11 is 0. The molecule has 2 aliphatic carbocycles. The van der Waals surface area contributed by atoms with Gasteiger partial charge in [-0.2, -0.15) is 0 Å². The van der Waals surface area contributed by atoms with Gasteiger partial charge < -0.3 is 19.7 Å². The van der Waals surface area contributed by atoms with Crippen LogP contribution in [0.3, 0.4) is 0 Å². The van der Waals surface area contributed by atoms with E-state index in [-0.39, 0.29) is 42.5 Å². The zero-order valence-corrected chi connectivity index (χ0v) is 17.1. The molecule has 0 aromatic carbocycles. The van der Waals surface area contributed by atoms with Crippen LogP contribution >= 0.6 is 0 Å². The molecule has 0 aromatic heterocycles. The Hall–Kier alpha value is -1.66. The van der Waals surface area contributed by atoms with Gasteiger partial charge in [0, 0.05) is 12.3 Å². The molecule has 2 saturated carbocycles. The van der Waals surface area contributed by atoms with Gasteiger partial charge in [0.2, 0.25) is 0 Å². The van der Waals surface area contributed by atoms with Gasteiger partial charge in [0.1, 0.15) is 18.8 Å². The third-order valence-electron chi connectivity index (χ3n) is 7.51. The molecule has 0 bridgehead atoms. The minimum Gasteiger partial charge on any atom is -0.462 e. The molecule has 28 heavy (non-hydrogen) atoms. The first kappa shape index (κ1) is 21.1. The monoisotopic (exact) mass is 392 g/mol. The van der Waals surface area contributed by atoms with Crippen molar-refractivity contribution in [2.24, 2.45) is 22.7 Å². The SMILES string of the molecule is C=C1CCC2[C@](C)(CO)[C@H](OC(C)=O)CC[C@@]2(C)[C@@H]1C/C=C1\C(=O)OCC1O. The molecular formula is C22H32O6. The maximum absolute atomic E-state index is 11.8. The van der Waals surface area contributed by atoms with Gasteiger partial charge in [0.15, 0.2) is 0 Å². The van der Waals surface area contributed by atoms with E-state index < -0.39 is 17.5 Å². The number of hydrogen-bond donors (Lipinski definition) is 2. The summed E-state index contributed by atoms with van der Waals surface area (Å²) in [5.74, 6) is -0.473. The topological polar surface area (TPSA) is 93.1 Å². The van der Waals surface area contributed by atoms with Crippen LogP contribution in [-0.2, 0) is 19.1 Å². The number of rotatable bonds is 4. The number of hydrogen-bond acceptors (Lipinski definition) is 6. The number of aliphatic hydroxyl groups is 2. The van der Waals surface area contributed by atoms with Crippen LogP contribution in [0.15, 0.2) is 23.8 Å². The van der Waals surface area contributed by atoms with E-state index in [2.05, 4.69) is 13.5 Å². The lowest BCUT2D eigenvalue weighted by Gasteiger charge is -2.60. The summed E-state index contributed by atoms with van der Waals surface area (Å²) in [7, 11) is 0. The lowest BCUT2D eigenvalue weighted by molar-refractivity contribution is -0.185. The summed E-state index contributed by atoms with van der Waals surface area (Å²) in [6.07, 6.45) is 4.51. The van der Waals surface area contributed by atoms with Crippen LogP contribution < -0.4 is 0 Å². The zero-order valence-electron chi connectivity index (χ0n) is 17.1. The molecule has 6 atom stereocenters. The predicted octanol–water partition coefficient (Wildman–Crippen LogP) is 2.53. The first-order valence-corrected chi connectivity index (χ1v) is 10.1. The van der Waals surface area contributed by atoms with E-state index in [1.165, 1.54) is 6.92 Å². The normalized spacial score (nSPS) is 42.2. The first-order chi connectivity index (χ1) is 13.1. The highest BCUT2D eigenvalue weighted by Crippen LogP contribution is 2.62. The zero-order chi connectivity index (χ0) is 20.7. The van der Waals surface area contributed by atoms with Crippen molar-refractivity contribution in [1.82, 2.24) is 0 Å². The summed E-state index contributed by atoms with van der Waals surface area (Å²) in [5.41, 5.74) is 0.824. The lowest BCUT2D eigenvalue weighted by Crippen LogP contribution is -2.58. The van der Waals surface area contributed by atoms with Crippen molar-refractivity contribution < 1.29 is 29.3 Å². The van der Waals surface area contributed by atoms with Crippen molar-refractivity contribution >= 4 is 11.9 Å². The summed E-state index contributed by atoms with van der Waals surface area (Å²) in [6, 6.07) is 0. The van der Waals surface area contributed by atoms with Crippen LogP contribution in [-0.4, -0.2) is 47.6 Å². The first-order valence-electron chi connectivity index (χ1n) is 10.1. The number of esters is 2. The molecule has 3 fully saturated rings. The Morgan fingerprint density at radius 3 is 2.68 bits per heavy atom. The molecule has 0 amide bonds. The molecule has 1 heterocycles. The van der Waals surface area contributed by atoms with Crippen LogP contribution in [0.25, 0.3) is 0 Å². The fraction of sp³-hybridized carbons (Fsp3) is 0.727. The largest absolute Gasteiger partial charge is 0.462 e. The van der Waals surface area contributed by atoms with Gasteiger partial charge in [-0.05, 0) is 49.4 Å². The van der Waals surface area contributed by atoms with Crippen LogP contribution in [0.2, 0.25) is 0 Å². The molecule has 0 aromatic rings. The van der Waals surface area contributed by atoms with Crippen molar-refractivity contribution in [3.05, 3.63) is 23.8 Å². The van der Waals surface area contributed by atoms with E-state index in [4.69, 9.17) is 9.47 Å². The van der Waals surface area contributed by atoms with Crippen molar-refractivity contribution in [2.45, 2.75) is 65.1 Å². The Labute approximate surface area is 166 Å². The molecule has 6 nitrogen and oxygen atoms in total. The average Bonchev–Trinajstić information content (AvgIpc) is 2.95. The van der Waals surface area contributed by atoms with E-state index in [1.54, 1.807) is 6.08 Å². The fourth-order valence-corrected chi connectivity index (χ4v) is 5.94. The Bertz CT molecular complexity index is 697. The number of aliphatic hydroxyl groups excluding tert-OH is 2. The molecule has 2 unspecified atom stereocenters.